The standard InChI is InChI=1S/C23H30N4O2S/c1-26-10-4-6-17-14-18(8-9-20(17)26)21(27-11-2-3-12-27)16-25-23(29)22(28)24-15-19-7-5-13-30-19/h5,7-9,13-14,21H,2-4,6,10-12,15-16H2,1H3,(H,24,28)(H,25,29)/t21-/m0/s1. The van der Waals surface area contributed by atoms with Crippen LogP contribution in [0.1, 0.15) is 41.3 Å². The van der Waals surface area contributed by atoms with Crippen molar-refractivity contribution in [3.63, 3.8) is 0 Å². The van der Waals surface area contributed by atoms with E-state index in [2.05, 4.69) is 45.7 Å². The van der Waals surface area contributed by atoms with E-state index in [4.69, 9.17) is 0 Å². The summed E-state index contributed by atoms with van der Waals surface area (Å²) in [6.07, 6.45) is 4.62. The van der Waals surface area contributed by atoms with Crippen molar-refractivity contribution in [3.8, 4) is 0 Å². The number of hydrogen-bond donors (Lipinski definition) is 2. The zero-order chi connectivity index (χ0) is 20.9. The number of thiophene rings is 1. The summed E-state index contributed by atoms with van der Waals surface area (Å²) in [5.74, 6) is -1.14. The highest BCUT2D eigenvalue weighted by molar-refractivity contribution is 7.09. The number of rotatable bonds is 6. The molecule has 1 aromatic heterocycles. The van der Waals surface area contributed by atoms with E-state index in [9.17, 15) is 9.59 Å². The number of nitrogens with one attached hydrogen (secondary N) is 2. The number of likely N-dealkylation sites (tertiary alicyclic amines) is 1. The molecule has 2 N–H and O–H groups in total. The first-order valence-electron chi connectivity index (χ1n) is 10.8. The molecule has 4 rings (SSSR count). The van der Waals surface area contributed by atoms with E-state index in [1.165, 1.54) is 36.1 Å². The summed E-state index contributed by atoms with van der Waals surface area (Å²) in [5, 5.41) is 7.54. The predicted molar refractivity (Wildman–Crippen MR) is 121 cm³/mol. The van der Waals surface area contributed by atoms with Gasteiger partial charge in [0.1, 0.15) is 0 Å². The molecule has 2 aliphatic rings. The fourth-order valence-corrected chi connectivity index (χ4v) is 5.10. The summed E-state index contributed by atoms with van der Waals surface area (Å²) in [6.45, 7) is 3.99. The van der Waals surface area contributed by atoms with Gasteiger partial charge in [-0.25, -0.2) is 0 Å². The van der Waals surface area contributed by atoms with Gasteiger partial charge in [-0.2, -0.15) is 0 Å². The number of carbonyl (C=O) groups excluding carboxylic acids is 2. The van der Waals surface area contributed by atoms with Gasteiger partial charge in [0.2, 0.25) is 0 Å². The van der Waals surface area contributed by atoms with Crippen LogP contribution < -0.4 is 15.5 Å². The Labute approximate surface area is 182 Å². The summed E-state index contributed by atoms with van der Waals surface area (Å²) in [5.41, 5.74) is 3.91. The van der Waals surface area contributed by atoms with Gasteiger partial charge in [-0.05, 0) is 67.4 Å². The van der Waals surface area contributed by atoms with Crippen molar-refractivity contribution in [2.24, 2.45) is 0 Å². The average Bonchev–Trinajstić information content (AvgIpc) is 3.46. The zero-order valence-corrected chi connectivity index (χ0v) is 18.3. The lowest BCUT2D eigenvalue weighted by Crippen LogP contribution is -2.43. The highest BCUT2D eigenvalue weighted by atomic mass is 32.1. The molecule has 3 heterocycles. The molecule has 0 unspecified atom stereocenters. The molecule has 1 fully saturated rings. The minimum atomic E-state index is -0.573. The van der Waals surface area contributed by atoms with Crippen LogP contribution in [0.2, 0.25) is 0 Å². The number of hydrogen-bond acceptors (Lipinski definition) is 5. The Morgan fingerprint density at radius 3 is 2.63 bits per heavy atom. The molecule has 0 radical (unpaired) electrons. The van der Waals surface area contributed by atoms with Crippen molar-refractivity contribution in [1.29, 1.82) is 0 Å². The number of benzene rings is 1. The van der Waals surface area contributed by atoms with E-state index in [1.807, 2.05) is 17.5 Å². The van der Waals surface area contributed by atoms with Crippen molar-refractivity contribution < 1.29 is 9.59 Å². The third-order valence-corrected chi connectivity index (χ3v) is 6.96. The zero-order valence-electron chi connectivity index (χ0n) is 17.5. The SMILES string of the molecule is CN1CCCc2cc([C@H](CNC(=O)C(=O)NCc3cccs3)N3CCCC3)ccc21. The first-order valence-corrected chi connectivity index (χ1v) is 11.7. The number of amides is 2. The minimum absolute atomic E-state index is 0.0964. The number of nitrogens with zero attached hydrogens (tertiary/aromatic N) is 2. The van der Waals surface area contributed by atoms with Gasteiger partial charge in [0.05, 0.1) is 12.6 Å². The normalized spacial score (nSPS) is 17.4. The van der Waals surface area contributed by atoms with Crippen LogP contribution in [0.4, 0.5) is 5.69 Å². The smallest absolute Gasteiger partial charge is 0.309 e. The highest BCUT2D eigenvalue weighted by Gasteiger charge is 2.26. The van der Waals surface area contributed by atoms with Crippen molar-refractivity contribution in [2.75, 3.05) is 38.1 Å². The molecule has 0 saturated carbocycles. The van der Waals surface area contributed by atoms with Crippen molar-refractivity contribution >= 4 is 28.8 Å². The molecule has 2 aromatic rings. The van der Waals surface area contributed by atoms with E-state index in [0.29, 0.717) is 13.1 Å². The van der Waals surface area contributed by atoms with Gasteiger partial charge in [0.25, 0.3) is 0 Å². The van der Waals surface area contributed by atoms with Gasteiger partial charge in [-0.3, -0.25) is 14.5 Å². The van der Waals surface area contributed by atoms with E-state index in [1.54, 1.807) is 11.3 Å². The molecule has 6 nitrogen and oxygen atoms in total. The van der Waals surface area contributed by atoms with E-state index >= 15 is 0 Å². The molecule has 2 amide bonds. The fraction of sp³-hybridized carbons (Fsp3) is 0.478. The summed E-state index contributed by atoms with van der Waals surface area (Å²) >= 11 is 1.56. The fourth-order valence-electron chi connectivity index (χ4n) is 4.45. The van der Waals surface area contributed by atoms with Gasteiger partial charge < -0.3 is 15.5 Å². The van der Waals surface area contributed by atoms with Crippen molar-refractivity contribution in [2.45, 2.75) is 38.3 Å². The highest BCUT2D eigenvalue weighted by Crippen LogP contribution is 2.31. The largest absolute Gasteiger partial charge is 0.374 e. The third-order valence-electron chi connectivity index (χ3n) is 6.09. The van der Waals surface area contributed by atoms with Gasteiger partial charge in [-0.1, -0.05) is 18.2 Å². The maximum atomic E-state index is 12.4. The Morgan fingerprint density at radius 2 is 1.87 bits per heavy atom. The first kappa shape index (κ1) is 20.9. The second-order valence-electron chi connectivity index (χ2n) is 8.14. The summed E-state index contributed by atoms with van der Waals surface area (Å²) in [7, 11) is 2.14. The molecule has 1 aromatic carbocycles. The predicted octanol–water partition coefficient (Wildman–Crippen LogP) is 2.70. The Morgan fingerprint density at radius 1 is 1.07 bits per heavy atom. The lowest BCUT2D eigenvalue weighted by atomic mass is 9.96. The molecule has 160 valence electrons. The third kappa shape index (κ3) is 4.84. The maximum absolute atomic E-state index is 12.4. The Kier molecular flexibility index (Phi) is 6.69. The maximum Gasteiger partial charge on any atom is 0.309 e. The van der Waals surface area contributed by atoms with Crippen LogP contribution in [-0.4, -0.2) is 49.9 Å². The van der Waals surface area contributed by atoms with Crippen LogP contribution in [0.3, 0.4) is 0 Å². The summed E-state index contributed by atoms with van der Waals surface area (Å²) in [4.78, 5) is 30.4. The lowest BCUT2D eigenvalue weighted by molar-refractivity contribution is -0.139. The Hall–Kier alpha value is -2.38. The number of carbonyl (C=O) groups is 2. The topological polar surface area (TPSA) is 64.7 Å². The van der Waals surface area contributed by atoms with Crippen LogP contribution in [0, 0.1) is 0 Å². The molecule has 1 saturated heterocycles. The molecular formula is C23H30N4O2S. The second-order valence-corrected chi connectivity index (χ2v) is 9.18. The van der Waals surface area contributed by atoms with Gasteiger partial charge in [-0.15, -0.1) is 11.3 Å². The Balaban J connectivity index is 1.41. The molecule has 0 aliphatic carbocycles. The second kappa shape index (κ2) is 9.62. The van der Waals surface area contributed by atoms with Gasteiger partial charge in [0, 0.05) is 30.7 Å². The molecule has 7 heteroatoms. The number of anilines is 1. The van der Waals surface area contributed by atoms with Crippen LogP contribution in [-0.2, 0) is 22.6 Å². The average molecular weight is 427 g/mol. The summed E-state index contributed by atoms with van der Waals surface area (Å²) in [6, 6.07) is 10.7. The van der Waals surface area contributed by atoms with Crippen LogP contribution in [0.25, 0.3) is 0 Å². The van der Waals surface area contributed by atoms with Crippen molar-refractivity contribution in [3.05, 3.63) is 51.7 Å². The molecule has 0 spiro atoms. The lowest BCUT2D eigenvalue weighted by Gasteiger charge is -2.31. The van der Waals surface area contributed by atoms with E-state index in [-0.39, 0.29) is 6.04 Å². The molecular weight excluding hydrogens is 396 g/mol. The minimum Gasteiger partial charge on any atom is -0.374 e. The first-order chi connectivity index (χ1) is 14.6. The van der Waals surface area contributed by atoms with Crippen LogP contribution in [0.5, 0.6) is 0 Å². The summed E-state index contributed by atoms with van der Waals surface area (Å²) < 4.78 is 0. The molecule has 2 aliphatic heterocycles. The quantitative estimate of drug-likeness (QED) is 0.697. The van der Waals surface area contributed by atoms with E-state index < -0.39 is 11.8 Å². The van der Waals surface area contributed by atoms with Gasteiger partial charge >= 0.3 is 11.8 Å². The molecule has 1 atom stereocenters. The van der Waals surface area contributed by atoms with Crippen LogP contribution >= 0.6 is 11.3 Å². The molecule has 30 heavy (non-hydrogen) atoms. The van der Waals surface area contributed by atoms with Gasteiger partial charge in [0.15, 0.2) is 0 Å². The number of aryl methyl sites for hydroxylation is 1. The monoisotopic (exact) mass is 426 g/mol. The van der Waals surface area contributed by atoms with Crippen LogP contribution in [0.15, 0.2) is 35.7 Å². The van der Waals surface area contributed by atoms with E-state index in [0.717, 1.165) is 30.9 Å². The Bertz CT molecular complexity index is 877. The number of fused-ring (bicyclic) bond motifs is 1. The van der Waals surface area contributed by atoms with Crippen molar-refractivity contribution in [1.82, 2.24) is 15.5 Å². The molecule has 0 bridgehead atoms.